The summed E-state index contributed by atoms with van der Waals surface area (Å²) >= 11 is 5.92. The highest BCUT2D eigenvalue weighted by molar-refractivity contribution is 6.30. The molecule has 1 N–H and O–H groups in total. The van der Waals surface area contributed by atoms with Crippen LogP contribution in [0.25, 0.3) is 16.8 Å². The summed E-state index contributed by atoms with van der Waals surface area (Å²) < 4.78 is 1.85. The summed E-state index contributed by atoms with van der Waals surface area (Å²) in [6.07, 6.45) is 5.37. The zero-order valence-corrected chi connectivity index (χ0v) is 13.7. The Kier molecular flexibility index (Phi) is 3.63. The van der Waals surface area contributed by atoms with Crippen LogP contribution in [0.1, 0.15) is 5.69 Å². The molecule has 1 aromatic carbocycles. The molecule has 118 valence electrons. The summed E-state index contributed by atoms with van der Waals surface area (Å²) in [5.41, 5.74) is 4.60. The van der Waals surface area contributed by atoms with Crippen molar-refractivity contribution < 1.29 is 0 Å². The minimum atomic E-state index is 0.671. The molecule has 3 aromatic heterocycles. The van der Waals surface area contributed by atoms with Crippen LogP contribution in [0.5, 0.6) is 0 Å². The lowest BCUT2D eigenvalue weighted by Crippen LogP contribution is -1.96. The van der Waals surface area contributed by atoms with Crippen molar-refractivity contribution in [2.24, 2.45) is 0 Å². The molecule has 6 heteroatoms. The number of benzene rings is 1. The van der Waals surface area contributed by atoms with E-state index >= 15 is 0 Å². The number of hydrogen-bond donors (Lipinski definition) is 1. The van der Waals surface area contributed by atoms with Crippen LogP contribution in [0.15, 0.2) is 61.1 Å². The third-order valence-electron chi connectivity index (χ3n) is 3.72. The highest BCUT2D eigenvalue weighted by Gasteiger charge is 2.13. The third-order valence-corrected chi connectivity index (χ3v) is 3.97. The van der Waals surface area contributed by atoms with E-state index in [0.29, 0.717) is 10.8 Å². The monoisotopic (exact) mass is 335 g/mol. The molecule has 0 fully saturated rings. The van der Waals surface area contributed by atoms with Gasteiger partial charge in [0.05, 0.1) is 34.9 Å². The lowest BCUT2D eigenvalue weighted by Gasteiger charge is -2.07. The van der Waals surface area contributed by atoms with Gasteiger partial charge in [-0.2, -0.15) is 5.10 Å². The van der Waals surface area contributed by atoms with Gasteiger partial charge in [-0.3, -0.25) is 4.98 Å². The second-order valence-electron chi connectivity index (χ2n) is 5.41. The predicted octanol–water partition coefficient (Wildman–Crippen LogP) is 4.50. The normalized spacial score (nSPS) is 10.9. The lowest BCUT2D eigenvalue weighted by molar-refractivity contribution is 0.934. The van der Waals surface area contributed by atoms with Gasteiger partial charge >= 0.3 is 0 Å². The first-order valence-electron chi connectivity index (χ1n) is 7.50. The molecular formula is C18H14ClN5. The van der Waals surface area contributed by atoms with Crippen LogP contribution in [0.2, 0.25) is 5.02 Å². The summed E-state index contributed by atoms with van der Waals surface area (Å²) in [5.74, 6) is 0.671. The summed E-state index contributed by atoms with van der Waals surface area (Å²) in [5, 5.41) is 8.46. The van der Waals surface area contributed by atoms with E-state index in [-0.39, 0.29) is 0 Å². The van der Waals surface area contributed by atoms with Gasteiger partial charge < -0.3 is 5.32 Å². The largest absolute Gasteiger partial charge is 0.339 e. The van der Waals surface area contributed by atoms with Gasteiger partial charge in [-0.15, -0.1) is 0 Å². The van der Waals surface area contributed by atoms with E-state index in [2.05, 4.69) is 20.4 Å². The second kappa shape index (κ2) is 5.94. The number of pyridine rings is 1. The third kappa shape index (κ3) is 2.70. The quantitative estimate of drug-likeness (QED) is 0.599. The number of fused-ring (bicyclic) bond motifs is 1. The van der Waals surface area contributed by atoms with E-state index in [0.717, 1.165) is 28.2 Å². The molecule has 0 aliphatic carbocycles. The molecule has 0 saturated carbocycles. The number of anilines is 2. The van der Waals surface area contributed by atoms with E-state index in [1.165, 1.54) is 0 Å². The van der Waals surface area contributed by atoms with Gasteiger partial charge in [0.1, 0.15) is 5.82 Å². The average molecular weight is 336 g/mol. The number of aryl methyl sites for hydroxylation is 1. The molecular weight excluding hydrogens is 322 g/mol. The Labute approximate surface area is 144 Å². The van der Waals surface area contributed by atoms with Crippen LogP contribution in [-0.2, 0) is 0 Å². The smallest absolute Gasteiger partial charge is 0.149 e. The first-order chi connectivity index (χ1) is 11.7. The molecule has 0 radical (unpaired) electrons. The Morgan fingerprint density at radius 1 is 1.04 bits per heavy atom. The minimum absolute atomic E-state index is 0.671. The fourth-order valence-corrected chi connectivity index (χ4v) is 2.79. The maximum Gasteiger partial charge on any atom is 0.149 e. The van der Waals surface area contributed by atoms with Crippen molar-refractivity contribution in [1.29, 1.82) is 0 Å². The van der Waals surface area contributed by atoms with Gasteiger partial charge in [-0.05, 0) is 43.3 Å². The van der Waals surface area contributed by atoms with Crippen molar-refractivity contribution in [3.05, 3.63) is 71.8 Å². The van der Waals surface area contributed by atoms with E-state index in [1.807, 2.05) is 60.1 Å². The first kappa shape index (κ1) is 14.7. The Bertz CT molecular complexity index is 1010. The molecule has 0 saturated heterocycles. The van der Waals surface area contributed by atoms with Crippen LogP contribution in [0, 0.1) is 6.92 Å². The Hall–Kier alpha value is -2.92. The Morgan fingerprint density at radius 2 is 1.88 bits per heavy atom. The summed E-state index contributed by atoms with van der Waals surface area (Å²) in [4.78, 5) is 9.00. The standard InChI is InChI=1S/C18H14ClN5/c1-12-18(16-4-2-3-9-24(16)23-12)15-10-20-11-17(22-15)21-14-7-5-13(19)6-8-14/h2-11H,1H3,(H,21,22). The lowest BCUT2D eigenvalue weighted by atomic mass is 10.1. The molecule has 5 nitrogen and oxygen atoms in total. The van der Waals surface area contributed by atoms with Gasteiger partial charge in [-0.25, -0.2) is 9.50 Å². The number of hydrogen-bond acceptors (Lipinski definition) is 4. The summed E-state index contributed by atoms with van der Waals surface area (Å²) in [6, 6.07) is 13.4. The van der Waals surface area contributed by atoms with Crippen molar-refractivity contribution in [2.45, 2.75) is 6.92 Å². The van der Waals surface area contributed by atoms with Gasteiger partial charge in [-0.1, -0.05) is 17.7 Å². The molecule has 0 unspecified atom stereocenters. The van der Waals surface area contributed by atoms with Gasteiger partial charge in [0.25, 0.3) is 0 Å². The number of nitrogens with zero attached hydrogens (tertiary/aromatic N) is 4. The topological polar surface area (TPSA) is 55.1 Å². The summed E-state index contributed by atoms with van der Waals surface area (Å²) in [7, 11) is 0. The van der Waals surface area contributed by atoms with Crippen LogP contribution < -0.4 is 5.32 Å². The number of nitrogens with one attached hydrogen (secondary N) is 1. The molecule has 3 heterocycles. The summed E-state index contributed by atoms with van der Waals surface area (Å²) in [6.45, 7) is 1.98. The van der Waals surface area contributed by atoms with Crippen LogP contribution in [-0.4, -0.2) is 19.6 Å². The molecule has 0 aliphatic heterocycles. The second-order valence-corrected chi connectivity index (χ2v) is 5.85. The van der Waals surface area contributed by atoms with E-state index in [4.69, 9.17) is 11.6 Å². The average Bonchev–Trinajstić information content (AvgIpc) is 2.93. The number of aromatic nitrogens is 4. The minimum Gasteiger partial charge on any atom is -0.339 e. The molecule has 0 amide bonds. The van der Waals surface area contributed by atoms with Gasteiger partial charge in [0.2, 0.25) is 0 Å². The van der Waals surface area contributed by atoms with Crippen molar-refractivity contribution >= 4 is 28.6 Å². The van der Waals surface area contributed by atoms with Gasteiger partial charge in [0, 0.05) is 16.9 Å². The zero-order valence-electron chi connectivity index (χ0n) is 12.9. The molecule has 0 atom stereocenters. The highest BCUT2D eigenvalue weighted by atomic mass is 35.5. The van der Waals surface area contributed by atoms with Gasteiger partial charge in [0.15, 0.2) is 0 Å². The predicted molar refractivity (Wildman–Crippen MR) is 95.7 cm³/mol. The fraction of sp³-hybridized carbons (Fsp3) is 0.0556. The van der Waals surface area contributed by atoms with Crippen molar-refractivity contribution in [3.63, 3.8) is 0 Å². The molecule has 0 bridgehead atoms. The van der Waals surface area contributed by atoms with E-state index < -0.39 is 0 Å². The first-order valence-corrected chi connectivity index (χ1v) is 7.87. The van der Waals surface area contributed by atoms with Crippen LogP contribution >= 0.6 is 11.6 Å². The number of halogens is 1. The molecule has 0 spiro atoms. The Balaban J connectivity index is 1.74. The molecule has 4 aromatic rings. The SMILES string of the molecule is Cc1nn2ccccc2c1-c1cncc(Nc2ccc(Cl)cc2)n1. The zero-order chi connectivity index (χ0) is 16.5. The van der Waals surface area contributed by atoms with Crippen molar-refractivity contribution in [3.8, 4) is 11.3 Å². The van der Waals surface area contributed by atoms with E-state index in [9.17, 15) is 0 Å². The van der Waals surface area contributed by atoms with Crippen LogP contribution in [0.3, 0.4) is 0 Å². The molecule has 24 heavy (non-hydrogen) atoms. The van der Waals surface area contributed by atoms with Crippen LogP contribution in [0.4, 0.5) is 11.5 Å². The fourth-order valence-electron chi connectivity index (χ4n) is 2.66. The molecule has 4 rings (SSSR count). The maximum absolute atomic E-state index is 5.92. The van der Waals surface area contributed by atoms with Crippen molar-refractivity contribution in [1.82, 2.24) is 19.6 Å². The van der Waals surface area contributed by atoms with E-state index in [1.54, 1.807) is 12.4 Å². The highest BCUT2D eigenvalue weighted by Crippen LogP contribution is 2.27. The number of rotatable bonds is 3. The molecule has 0 aliphatic rings. The van der Waals surface area contributed by atoms with Crippen molar-refractivity contribution in [2.75, 3.05) is 5.32 Å². The Morgan fingerprint density at radius 3 is 2.71 bits per heavy atom. The maximum atomic E-state index is 5.92.